The van der Waals surface area contributed by atoms with Crippen molar-refractivity contribution in [3.63, 3.8) is 0 Å². The van der Waals surface area contributed by atoms with Gasteiger partial charge >= 0.3 is 0 Å². The first-order chi connectivity index (χ1) is 9.81. The second-order valence-corrected chi connectivity index (χ2v) is 7.77. The van der Waals surface area contributed by atoms with Gasteiger partial charge in [-0.3, -0.25) is 4.99 Å². The maximum Gasteiger partial charge on any atom is 0.194 e. The molecule has 4 nitrogen and oxygen atoms in total. The lowest BCUT2D eigenvalue weighted by atomic mass is 10.1. The first-order valence-corrected chi connectivity index (χ1v) is 8.50. The minimum absolute atomic E-state index is 0.132. The van der Waals surface area contributed by atoms with Crippen molar-refractivity contribution in [3.05, 3.63) is 21.3 Å². The number of nitrogens with one attached hydrogen (secondary N) is 2. The van der Waals surface area contributed by atoms with Gasteiger partial charge in [-0.05, 0) is 39.8 Å². The molecule has 6 heteroatoms. The normalized spacial score (nSPS) is 12.6. The minimum atomic E-state index is 0.132. The van der Waals surface area contributed by atoms with Crippen LogP contribution in [0.15, 0.2) is 17.1 Å². The van der Waals surface area contributed by atoms with Crippen molar-refractivity contribution in [2.45, 2.75) is 39.8 Å². The van der Waals surface area contributed by atoms with Gasteiger partial charge in [-0.25, -0.2) is 0 Å². The lowest BCUT2D eigenvalue weighted by Crippen LogP contribution is -2.40. The fraction of sp³-hybridized carbons (Fsp3) is 0.667. The Kier molecular flexibility index (Phi) is 7.49. The van der Waals surface area contributed by atoms with Crippen molar-refractivity contribution < 1.29 is 0 Å². The van der Waals surface area contributed by atoms with Crippen LogP contribution in [0, 0.1) is 0 Å². The molecule has 1 rings (SSSR count). The van der Waals surface area contributed by atoms with E-state index >= 15 is 0 Å². The fourth-order valence-corrected chi connectivity index (χ4v) is 2.95. The molecule has 2 N–H and O–H groups in total. The SMILES string of the molecule is CCNC(=NCCNC(C)(C)C)N(C)Cc1ccc(Cl)s1. The summed E-state index contributed by atoms with van der Waals surface area (Å²) in [6.45, 7) is 11.9. The monoisotopic (exact) mass is 330 g/mol. The molecule has 1 aromatic rings. The van der Waals surface area contributed by atoms with Gasteiger partial charge in [0.15, 0.2) is 5.96 Å². The molecule has 0 aliphatic heterocycles. The Balaban J connectivity index is 2.54. The fourth-order valence-electron chi connectivity index (χ4n) is 1.81. The number of hydrogen-bond acceptors (Lipinski definition) is 3. The van der Waals surface area contributed by atoms with Crippen LogP contribution in [0.25, 0.3) is 0 Å². The maximum atomic E-state index is 5.98. The minimum Gasteiger partial charge on any atom is -0.357 e. The van der Waals surface area contributed by atoms with Crippen LogP contribution in [0.2, 0.25) is 4.34 Å². The maximum absolute atomic E-state index is 5.98. The molecule has 0 unspecified atom stereocenters. The third kappa shape index (κ3) is 7.69. The van der Waals surface area contributed by atoms with E-state index in [1.54, 1.807) is 11.3 Å². The summed E-state index contributed by atoms with van der Waals surface area (Å²) in [5, 5.41) is 6.77. The zero-order chi connectivity index (χ0) is 15.9. The van der Waals surface area contributed by atoms with E-state index in [9.17, 15) is 0 Å². The lowest BCUT2D eigenvalue weighted by molar-refractivity contribution is 0.430. The average molecular weight is 331 g/mol. The topological polar surface area (TPSA) is 39.7 Å². The number of hydrogen-bond donors (Lipinski definition) is 2. The van der Waals surface area contributed by atoms with Crippen LogP contribution >= 0.6 is 22.9 Å². The van der Waals surface area contributed by atoms with Gasteiger partial charge in [0, 0.05) is 30.6 Å². The van der Waals surface area contributed by atoms with E-state index in [1.807, 2.05) is 13.1 Å². The largest absolute Gasteiger partial charge is 0.357 e. The third-order valence-corrected chi connectivity index (χ3v) is 3.96. The third-order valence-electron chi connectivity index (χ3n) is 2.75. The molecule has 0 aromatic carbocycles. The van der Waals surface area contributed by atoms with Gasteiger partial charge < -0.3 is 15.5 Å². The molecule has 21 heavy (non-hydrogen) atoms. The first kappa shape index (κ1) is 18.3. The highest BCUT2D eigenvalue weighted by atomic mass is 35.5. The van der Waals surface area contributed by atoms with Crippen molar-refractivity contribution in [2.24, 2.45) is 4.99 Å². The van der Waals surface area contributed by atoms with Gasteiger partial charge in [0.2, 0.25) is 0 Å². The Morgan fingerprint density at radius 3 is 2.62 bits per heavy atom. The van der Waals surface area contributed by atoms with Crippen LogP contribution in [0.5, 0.6) is 0 Å². The highest BCUT2D eigenvalue weighted by molar-refractivity contribution is 7.16. The Morgan fingerprint density at radius 2 is 2.10 bits per heavy atom. The van der Waals surface area contributed by atoms with Gasteiger partial charge in [-0.1, -0.05) is 11.6 Å². The van der Waals surface area contributed by atoms with Crippen molar-refractivity contribution in [1.29, 1.82) is 0 Å². The van der Waals surface area contributed by atoms with Crippen LogP contribution in [0.1, 0.15) is 32.6 Å². The standard InChI is InChI=1S/C15H27ClN4S/c1-6-17-14(18-9-10-19-15(2,3)4)20(5)11-12-7-8-13(16)21-12/h7-8,19H,6,9-11H2,1-5H3,(H,17,18). The molecule has 0 amide bonds. The summed E-state index contributed by atoms with van der Waals surface area (Å²) in [6, 6.07) is 4.00. The molecule has 0 aliphatic carbocycles. The Morgan fingerprint density at radius 1 is 1.38 bits per heavy atom. The van der Waals surface area contributed by atoms with Crippen molar-refractivity contribution in [3.8, 4) is 0 Å². The zero-order valence-electron chi connectivity index (χ0n) is 13.7. The van der Waals surface area contributed by atoms with E-state index in [4.69, 9.17) is 11.6 Å². The average Bonchev–Trinajstić information content (AvgIpc) is 2.77. The van der Waals surface area contributed by atoms with Crippen molar-refractivity contribution in [2.75, 3.05) is 26.7 Å². The predicted octanol–water partition coefficient (Wildman–Crippen LogP) is 3.19. The second kappa shape index (κ2) is 8.61. The number of nitrogens with zero attached hydrogens (tertiary/aromatic N) is 2. The molecule has 0 spiro atoms. The molecule has 0 atom stereocenters. The predicted molar refractivity (Wildman–Crippen MR) is 94.5 cm³/mol. The van der Waals surface area contributed by atoms with E-state index < -0.39 is 0 Å². The molecule has 0 bridgehead atoms. The molecular formula is C15H27ClN4S. The summed E-state index contributed by atoms with van der Waals surface area (Å²) < 4.78 is 0.828. The number of halogens is 1. The molecule has 0 radical (unpaired) electrons. The molecule has 0 fully saturated rings. The van der Waals surface area contributed by atoms with Gasteiger partial charge in [0.25, 0.3) is 0 Å². The van der Waals surface area contributed by atoms with Gasteiger partial charge in [0.05, 0.1) is 17.4 Å². The molecule has 1 aromatic heterocycles. The van der Waals surface area contributed by atoms with E-state index in [2.05, 4.69) is 54.3 Å². The highest BCUT2D eigenvalue weighted by Gasteiger charge is 2.09. The first-order valence-electron chi connectivity index (χ1n) is 7.30. The molecular weight excluding hydrogens is 304 g/mol. The molecule has 0 aliphatic rings. The van der Waals surface area contributed by atoms with Gasteiger partial charge in [-0.15, -0.1) is 11.3 Å². The number of rotatable bonds is 6. The number of thiophene rings is 1. The molecule has 0 saturated carbocycles. The van der Waals surface area contributed by atoms with Crippen LogP contribution in [-0.2, 0) is 6.54 Å². The summed E-state index contributed by atoms with van der Waals surface area (Å²) in [5.74, 6) is 0.928. The summed E-state index contributed by atoms with van der Waals surface area (Å²) >= 11 is 7.59. The Labute approximate surface area is 137 Å². The van der Waals surface area contributed by atoms with Crippen LogP contribution < -0.4 is 10.6 Å². The summed E-state index contributed by atoms with van der Waals surface area (Å²) in [7, 11) is 2.05. The summed E-state index contributed by atoms with van der Waals surface area (Å²) in [4.78, 5) is 8.02. The molecule has 1 heterocycles. The summed E-state index contributed by atoms with van der Waals surface area (Å²) in [6.07, 6.45) is 0. The Bertz CT molecular complexity index is 451. The number of aliphatic imine (C=N–C) groups is 1. The van der Waals surface area contributed by atoms with Crippen LogP contribution in [0.3, 0.4) is 0 Å². The van der Waals surface area contributed by atoms with E-state index in [0.29, 0.717) is 0 Å². The van der Waals surface area contributed by atoms with E-state index in [1.165, 1.54) is 4.88 Å². The Hall–Kier alpha value is -0.780. The van der Waals surface area contributed by atoms with Gasteiger partial charge in [0.1, 0.15) is 0 Å². The van der Waals surface area contributed by atoms with E-state index in [-0.39, 0.29) is 5.54 Å². The van der Waals surface area contributed by atoms with Crippen LogP contribution in [-0.4, -0.2) is 43.1 Å². The second-order valence-electron chi connectivity index (χ2n) is 5.97. The highest BCUT2D eigenvalue weighted by Crippen LogP contribution is 2.22. The lowest BCUT2D eigenvalue weighted by Gasteiger charge is -2.22. The van der Waals surface area contributed by atoms with E-state index in [0.717, 1.165) is 36.5 Å². The number of guanidine groups is 1. The quantitative estimate of drug-likeness (QED) is 0.478. The summed E-state index contributed by atoms with van der Waals surface area (Å²) in [5.41, 5.74) is 0.132. The van der Waals surface area contributed by atoms with Gasteiger partial charge in [-0.2, -0.15) is 0 Å². The zero-order valence-corrected chi connectivity index (χ0v) is 15.2. The molecule has 120 valence electrons. The van der Waals surface area contributed by atoms with Crippen molar-refractivity contribution in [1.82, 2.24) is 15.5 Å². The van der Waals surface area contributed by atoms with Crippen molar-refractivity contribution >= 4 is 28.9 Å². The van der Waals surface area contributed by atoms with Crippen LogP contribution in [0.4, 0.5) is 0 Å². The smallest absolute Gasteiger partial charge is 0.194 e. The molecule has 0 saturated heterocycles.